The molecule has 0 saturated carbocycles. The Hall–Kier alpha value is -5.80. The average Bonchev–Trinajstić information content (AvgIpc) is 3.53. The number of benzene rings is 4. The van der Waals surface area contributed by atoms with Crippen LogP contribution in [0.15, 0.2) is 120 Å². The second kappa shape index (κ2) is 14.1. The third-order valence-corrected chi connectivity index (χ3v) is 7.04. The minimum atomic E-state index is -0.479. The highest BCUT2D eigenvalue weighted by Crippen LogP contribution is 2.26. The standard InChI is InChI=1S/C35H26ClN3O6/c36-26-11-6-23(7-12-26)8-20-34(41)38-31-18-13-27(22-30(31)35(42)25-4-2-1-3-5-25)37-33(40)21-17-29-16-19-32(45-29)24-9-14-28(15-10-24)39(43)44/h1-7,9-19,21-22H,8,20H2,(H,37,40)(H,38,41)/b21-17+. The quantitative estimate of drug-likeness (QED) is 0.0667. The third-order valence-electron chi connectivity index (χ3n) is 6.78. The third kappa shape index (κ3) is 8.19. The van der Waals surface area contributed by atoms with Gasteiger partial charge in [-0.25, -0.2) is 0 Å². The van der Waals surface area contributed by atoms with Crippen molar-refractivity contribution in [3.63, 3.8) is 0 Å². The summed E-state index contributed by atoms with van der Waals surface area (Å²) in [5.74, 6) is -0.168. The largest absolute Gasteiger partial charge is 0.457 e. The zero-order chi connectivity index (χ0) is 31.8. The minimum Gasteiger partial charge on any atom is -0.457 e. The van der Waals surface area contributed by atoms with E-state index < -0.39 is 10.8 Å². The first-order valence-corrected chi connectivity index (χ1v) is 14.2. The van der Waals surface area contributed by atoms with Crippen molar-refractivity contribution in [3.8, 4) is 11.3 Å². The van der Waals surface area contributed by atoms with E-state index in [1.165, 1.54) is 30.4 Å². The molecular weight excluding hydrogens is 594 g/mol. The highest BCUT2D eigenvalue weighted by Gasteiger charge is 2.17. The summed E-state index contributed by atoms with van der Waals surface area (Å²) in [4.78, 5) is 49.4. The molecular formula is C35H26ClN3O6. The number of non-ortho nitro benzene ring substituents is 1. The Kier molecular flexibility index (Phi) is 9.61. The minimum absolute atomic E-state index is 0.0275. The van der Waals surface area contributed by atoms with Crippen LogP contribution in [-0.2, 0) is 16.0 Å². The first-order chi connectivity index (χ1) is 21.7. The van der Waals surface area contributed by atoms with E-state index in [0.717, 1.165) is 5.56 Å². The van der Waals surface area contributed by atoms with Crippen LogP contribution in [0, 0.1) is 10.1 Å². The molecule has 0 fully saturated rings. The number of aryl methyl sites for hydroxylation is 1. The van der Waals surface area contributed by atoms with E-state index in [0.29, 0.717) is 45.5 Å². The number of hydrogen-bond donors (Lipinski definition) is 2. The van der Waals surface area contributed by atoms with E-state index in [-0.39, 0.29) is 29.4 Å². The highest BCUT2D eigenvalue weighted by atomic mass is 35.5. The Bertz CT molecular complexity index is 1880. The van der Waals surface area contributed by atoms with E-state index >= 15 is 0 Å². The molecule has 0 unspecified atom stereocenters. The number of nitrogens with zero attached hydrogens (tertiary/aromatic N) is 1. The molecule has 0 atom stereocenters. The van der Waals surface area contributed by atoms with Crippen LogP contribution in [0.5, 0.6) is 0 Å². The average molecular weight is 620 g/mol. The number of nitro groups is 1. The van der Waals surface area contributed by atoms with Gasteiger partial charge < -0.3 is 15.1 Å². The van der Waals surface area contributed by atoms with Gasteiger partial charge in [-0.3, -0.25) is 24.5 Å². The maximum absolute atomic E-state index is 13.4. The van der Waals surface area contributed by atoms with Gasteiger partial charge in [-0.1, -0.05) is 54.1 Å². The molecule has 0 saturated heterocycles. The molecule has 9 nitrogen and oxygen atoms in total. The van der Waals surface area contributed by atoms with Crippen molar-refractivity contribution in [2.75, 3.05) is 10.6 Å². The molecule has 2 N–H and O–H groups in total. The molecule has 0 aliphatic rings. The zero-order valence-corrected chi connectivity index (χ0v) is 24.5. The molecule has 5 rings (SSSR count). The maximum Gasteiger partial charge on any atom is 0.269 e. The Morgan fingerprint density at radius 2 is 1.58 bits per heavy atom. The predicted molar refractivity (Wildman–Crippen MR) is 173 cm³/mol. The first kappa shape index (κ1) is 30.7. The normalized spacial score (nSPS) is 10.9. The lowest BCUT2D eigenvalue weighted by Gasteiger charge is -2.13. The second-order valence-electron chi connectivity index (χ2n) is 9.96. The molecule has 0 aliphatic carbocycles. The number of hydrogen-bond acceptors (Lipinski definition) is 6. The molecule has 10 heteroatoms. The molecule has 5 aromatic rings. The van der Waals surface area contributed by atoms with E-state index in [1.807, 2.05) is 12.1 Å². The number of furan rings is 1. The molecule has 4 aromatic carbocycles. The number of nitrogens with one attached hydrogen (secondary N) is 2. The number of carbonyl (C=O) groups is 3. The summed E-state index contributed by atoms with van der Waals surface area (Å²) in [6.07, 6.45) is 3.46. The van der Waals surface area contributed by atoms with Crippen LogP contribution in [-0.4, -0.2) is 22.5 Å². The number of nitro benzene ring substituents is 1. The SMILES string of the molecule is O=C(/C=C/c1ccc(-c2ccc([N+](=O)[O-])cc2)o1)Nc1ccc(NC(=O)CCc2ccc(Cl)cc2)c(C(=O)c2ccccc2)c1. The predicted octanol–water partition coefficient (Wildman–Crippen LogP) is 7.96. The van der Waals surface area contributed by atoms with E-state index in [2.05, 4.69) is 10.6 Å². The summed E-state index contributed by atoms with van der Waals surface area (Å²) in [5, 5.41) is 17.1. The van der Waals surface area contributed by atoms with Gasteiger partial charge in [0, 0.05) is 52.0 Å². The van der Waals surface area contributed by atoms with Crippen molar-refractivity contribution in [1.29, 1.82) is 0 Å². The van der Waals surface area contributed by atoms with Gasteiger partial charge in [-0.05, 0) is 72.7 Å². The smallest absolute Gasteiger partial charge is 0.269 e. The van der Waals surface area contributed by atoms with Crippen LogP contribution in [0.25, 0.3) is 17.4 Å². The lowest BCUT2D eigenvalue weighted by atomic mass is 10.0. The number of rotatable bonds is 11. The summed E-state index contributed by atoms with van der Waals surface area (Å²) >= 11 is 5.94. The fourth-order valence-electron chi connectivity index (χ4n) is 4.47. The number of halogens is 1. The van der Waals surface area contributed by atoms with Crippen LogP contribution < -0.4 is 10.6 Å². The molecule has 2 amide bonds. The molecule has 45 heavy (non-hydrogen) atoms. The van der Waals surface area contributed by atoms with Crippen LogP contribution in [0.1, 0.15) is 33.7 Å². The van der Waals surface area contributed by atoms with Crippen LogP contribution in [0.3, 0.4) is 0 Å². The van der Waals surface area contributed by atoms with Gasteiger partial charge >= 0.3 is 0 Å². The van der Waals surface area contributed by atoms with Gasteiger partial charge in [0.25, 0.3) is 5.69 Å². The maximum atomic E-state index is 13.4. The summed E-state index contributed by atoms with van der Waals surface area (Å²) < 4.78 is 5.75. The van der Waals surface area contributed by atoms with Gasteiger partial charge in [0.2, 0.25) is 11.8 Å². The Morgan fingerprint density at radius 3 is 2.29 bits per heavy atom. The van der Waals surface area contributed by atoms with E-state index in [1.54, 1.807) is 78.9 Å². The van der Waals surface area contributed by atoms with Crippen LogP contribution in [0.2, 0.25) is 5.02 Å². The summed E-state index contributed by atoms with van der Waals surface area (Å²) in [6, 6.07) is 29.9. The second-order valence-corrected chi connectivity index (χ2v) is 10.4. The monoisotopic (exact) mass is 619 g/mol. The fourth-order valence-corrected chi connectivity index (χ4v) is 4.60. The van der Waals surface area contributed by atoms with Crippen molar-refractivity contribution in [2.24, 2.45) is 0 Å². The molecule has 1 heterocycles. The zero-order valence-electron chi connectivity index (χ0n) is 23.7. The molecule has 0 bridgehead atoms. The van der Waals surface area contributed by atoms with Crippen molar-refractivity contribution < 1.29 is 23.7 Å². The Morgan fingerprint density at radius 1 is 0.844 bits per heavy atom. The molecule has 0 aliphatic heterocycles. The number of carbonyl (C=O) groups excluding carboxylic acids is 3. The molecule has 0 spiro atoms. The Balaban J connectivity index is 1.28. The first-order valence-electron chi connectivity index (χ1n) is 13.9. The topological polar surface area (TPSA) is 132 Å². The highest BCUT2D eigenvalue weighted by molar-refractivity contribution is 6.30. The van der Waals surface area contributed by atoms with Gasteiger partial charge in [-0.15, -0.1) is 0 Å². The molecule has 1 aromatic heterocycles. The van der Waals surface area contributed by atoms with Crippen molar-refractivity contribution in [3.05, 3.63) is 153 Å². The fraction of sp³-hybridized carbons (Fsp3) is 0.0571. The lowest BCUT2D eigenvalue weighted by molar-refractivity contribution is -0.384. The van der Waals surface area contributed by atoms with Gasteiger partial charge in [0.15, 0.2) is 5.78 Å². The van der Waals surface area contributed by atoms with Crippen molar-refractivity contribution in [1.82, 2.24) is 0 Å². The summed E-state index contributed by atoms with van der Waals surface area (Å²) in [7, 11) is 0. The molecule has 0 radical (unpaired) electrons. The summed E-state index contributed by atoms with van der Waals surface area (Å²) in [6.45, 7) is 0. The molecule has 224 valence electrons. The Labute approximate surface area is 263 Å². The lowest BCUT2D eigenvalue weighted by Crippen LogP contribution is -2.16. The van der Waals surface area contributed by atoms with E-state index in [4.69, 9.17) is 16.0 Å². The van der Waals surface area contributed by atoms with Crippen molar-refractivity contribution in [2.45, 2.75) is 12.8 Å². The van der Waals surface area contributed by atoms with Crippen LogP contribution >= 0.6 is 11.6 Å². The number of anilines is 2. The number of ketones is 1. The van der Waals surface area contributed by atoms with Crippen molar-refractivity contribution >= 4 is 52.3 Å². The van der Waals surface area contributed by atoms with E-state index in [9.17, 15) is 24.5 Å². The van der Waals surface area contributed by atoms with Crippen LogP contribution in [0.4, 0.5) is 17.1 Å². The van der Waals surface area contributed by atoms with Gasteiger partial charge in [-0.2, -0.15) is 0 Å². The van der Waals surface area contributed by atoms with Gasteiger partial charge in [0.05, 0.1) is 10.6 Å². The summed E-state index contributed by atoms with van der Waals surface area (Å²) in [5.41, 5.74) is 2.92. The number of amides is 2. The van der Waals surface area contributed by atoms with Gasteiger partial charge in [0.1, 0.15) is 11.5 Å².